The van der Waals surface area contributed by atoms with Gasteiger partial charge in [-0.3, -0.25) is 0 Å². The molecule has 3 aromatic heterocycles. The van der Waals surface area contributed by atoms with Crippen molar-refractivity contribution in [3.05, 3.63) is 267 Å². The Bertz CT molecular complexity index is 4090. The van der Waals surface area contributed by atoms with Gasteiger partial charge in [-0.05, 0) is 134 Å². The first-order valence-electron chi connectivity index (χ1n) is 24.5. The Morgan fingerprint density at radius 3 is 1.35 bits per heavy atom. The molecule has 1 unspecified atom stereocenters. The highest BCUT2D eigenvalue weighted by atomic mass is 15.2. The third-order valence-electron chi connectivity index (χ3n) is 14.5. The fraction of sp³-hybridized carbons (Fsp3) is 0.0303. The van der Waals surface area contributed by atoms with Crippen LogP contribution in [0.5, 0.6) is 0 Å². The van der Waals surface area contributed by atoms with Crippen LogP contribution < -0.4 is 9.80 Å². The average Bonchev–Trinajstić information content (AvgIpc) is 4.06. The molecule has 3 heterocycles. The molecule has 10 aromatic carbocycles. The molecular weight excluding hydrogens is 863 g/mol. The SMILES string of the molecule is C1=CCC(N(c2ccccc2)c2ccc3c4cc5c(cc4n(-c4ccc(N(c6ccccc6)c6ccccc6)cc4)c3c2)c2cc(-n3c4ccccc4c4ccccc43)ccc2n5-c2ccccc2)C=C1. The third-order valence-corrected chi connectivity index (χ3v) is 14.5. The quantitative estimate of drug-likeness (QED) is 0.144. The van der Waals surface area contributed by atoms with Crippen molar-refractivity contribution in [3.8, 4) is 17.1 Å². The molecule has 5 nitrogen and oxygen atoms in total. The van der Waals surface area contributed by atoms with Crippen LogP contribution in [0.3, 0.4) is 0 Å². The Kier molecular flexibility index (Phi) is 9.59. The van der Waals surface area contributed by atoms with Crippen LogP contribution in [0.1, 0.15) is 6.42 Å². The van der Waals surface area contributed by atoms with Gasteiger partial charge < -0.3 is 23.5 Å². The standard InChI is InChI=1S/C66H47N5/c1-6-20-46(21-7-1)67(47-22-8-2-9-23-47)51-34-36-52(37-35-51)70-64-43-54(68(48-24-10-3-11-25-48)49-26-12-4-13-27-49)38-40-57(64)59-44-66-60(45-65(59)70)58-42-53(39-41-63(58)69(66)50-28-14-5-15-29-50)71-61-32-18-16-30-55(61)56-31-17-19-33-62(56)71/h1-26,28-45,49H,27H2. The summed E-state index contributed by atoms with van der Waals surface area (Å²) in [7, 11) is 0. The fourth-order valence-electron chi connectivity index (χ4n) is 11.4. The highest BCUT2D eigenvalue weighted by Crippen LogP contribution is 2.44. The maximum absolute atomic E-state index is 2.50. The van der Waals surface area contributed by atoms with E-state index in [1.165, 1.54) is 60.1 Å². The number of aromatic nitrogens is 3. The Labute approximate surface area is 411 Å². The molecule has 0 amide bonds. The van der Waals surface area contributed by atoms with Crippen LogP contribution in [0.2, 0.25) is 0 Å². The van der Waals surface area contributed by atoms with Crippen molar-refractivity contribution in [2.75, 3.05) is 9.80 Å². The highest BCUT2D eigenvalue weighted by Gasteiger charge is 2.24. The van der Waals surface area contributed by atoms with Gasteiger partial charge in [-0.1, -0.05) is 140 Å². The lowest BCUT2D eigenvalue weighted by Crippen LogP contribution is -2.29. The first-order valence-corrected chi connectivity index (χ1v) is 24.5. The molecule has 0 saturated carbocycles. The summed E-state index contributed by atoms with van der Waals surface area (Å²) in [5.74, 6) is 0. The zero-order valence-corrected chi connectivity index (χ0v) is 38.9. The van der Waals surface area contributed by atoms with Crippen molar-refractivity contribution < 1.29 is 0 Å². The zero-order chi connectivity index (χ0) is 46.8. The second kappa shape index (κ2) is 16.7. The van der Waals surface area contributed by atoms with E-state index in [2.05, 4.69) is 290 Å². The molecule has 0 aliphatic heterocycles. The average molecular weight is 910 g/mol. The summed E-state index contributed by atoms with van der Waals surface area (Å²) < 4.78 is 7.38. The van der Waals surface area contributed by atoms with E-state index < -0.39 is 0 Å². The predicted octanol–water partition coefficient (Wildman–Crippen LogP) is 17.5. The number of rotatable bonds is 9. The van der Waals surface area contributed by atoms with Crippen LogP contribution in [-0.2, 0) is 0 Å². The Hall–Kier alpha value is -9.32. The monoisotopic (exact) mass is 909 g/mol. The number of allylic oxidation sites excluding steroid dienone is 2. The van der Waals surface area contributed by atoms with Crippen LogP contribution in [0, 0.1) is 0 Å². The minimum atomic E-state index is 0.169. The summed E-state index contributed by atoms with van der Waals surface area (Å²) in [5.41, 5.74) is 16.0. The third kappa shape index (κ3) is 6.69. The normalized spacial score (nSPS) is 13.6. The molecule has 5 heteroatoms. The predicted molar refractivity (Wildman–Crippen MR) is 299 cm³/mol. The molecule has 14 rings (SSSR count). The molecule has 1 aliphatic rings. The molecular formula is C66H47N5. The minimum Gasteiger partial charge on any atom is -0.334 e. The van der Waals surface area contributed by atoms with Crippen LogP contribution >= 0.6 is 0 Å². The molecule has 1 atom stereocenters. The fourth-order valence-corrected chi connectivity index (χ4v) is 11.4. The highest BCUT2D eigenvalue weighted by molar-refractivity contribution is 6.20. The van der Waals surface area contributed by atoms with Gasteiger partial charge in [0.25, 0.3) is 0 Å². The Balaban J connectivity index is 1.04. The molecule has 0 N–H and O–H groups in total. The Morgan fingerprint density at radius 1 is 0.296 bits per heavy atom. The summed E-state index contributed by atoms with van der Waals surface area (Å²) in [6.45, 7) is 0. The van der Waals surface area contributed by atoms with Crippen LogP contribution in [0.4, 0.5) is 28.4 Å². The van der Waals surface area contributed by atoms with Gasteiger partial charge >= 0.3 is 0 Å². The molecule has 13 aromatic rings. The first-order chi connectivity index (χ1) is 35.2. The lowest BCUT2D eigenvalue weighted by Gasteiger charge is -2.32. The van der Waals surface area contributed by atoms with Crippen molar-refractivity contribution in [1.82, 2.24) is 13.7 Å². The molecule has 0 radical (unpaired) electrons. The number of nitrogens with zero attached hydrogens (tertiary/aromatic N) is 5. The number of hydrogen-bond donors (Lipinski definition) is 0. The van der Waals surface area contributed by atoms with Gasteiger partial charge in [-0.25, -0.2) is 0 Å². The van der Waals surface area contributed by atoms with Gasteiger partial charge in [0.15, 0.2) is 0 Å². The minimum absolute atomic E-state index is 0.169. The van der Waals surface area contributed by atoms with E-state index in [4.69, 9.17) is 0 Å². The smallest absolute Gasteiger partial charge is 0.0561 e. The molecule has 0 bridgehead atoms. The second-order valence-electron chi connectivity index (χ2n) is 18.5. The summed E-state index contributed by atoms with van der Waals surface area (Å²) in [4.78, 5) is 4.82. The van der Waals surface area contributed by atoms with Gasteiger partial charge in [0, 0.05) is 77.8 Å². The lowest BCUT2D eigenvalue weighted by molar-refractivity contribution is 0.785. The molecule has 71 heavy (non-hydrogen) atoms. The van der Waals surface area contributed by atoms with Crippen LogP contribution in [-0.4, -0.2) is 19.7 Å². The van der Waals surface area contributed by atoms with E-state index in [0.717, 1.165) is 57.3 Å². The summed E-state index contributed by atoms with van der Waals surface area (Å²) >= 11 is 0. The Morgan fingerprint density at radius 2 is 0.732 bits per heavy atom. The molecule has 336 valence electrons. The van der Waals surface area contributed by atoms with Crippen molar-refractivity contribution in [1.29, 1.82) is 0 Å². The number of hydrogen-bond acceptors (Lipinski definition) is 2. The van der Waals surface area contributed by atoms with Gasteiger partial charge in [0.2, 0.25) is 0 Å². The van der Waals surface area contributed by atoms with E-state index in [1.807, 2.05) is 0 Å². The topological polar surface area (TPSA) is 21.3 Å². The number of benzene rings is 10. The molecule has 1 aliphatic carbocycles. The molecule has 0 fully saturated rings. The van der Waals surface area contributed by atoms with E-state index in [0.29, 0.717) is 0 Å². The van der Waals surface area contributed by atoms with E-state index in [-0.39, 0.29) is 6.04 Å². The van der Waals surface area contributed by atoms with Crippen molar-refractivity contribution >= 4 is 93.9 Å². The van der Waals surface area contributed by atoms with Crippen LogP contribution in [0.25, 0.3) is 82.5 Å². The molecule has 0 saturated heterocycles. The van der Waals surface area contributed by atoms with Gasteiger partial charge in [0.05, 0.1) is 39.1 Å². The lowest BCUT2D eigenvalue weighted by atomic mass is 10.0. The number of anilines is 5. The summed E-state index contributed by atoms with van der Waals surface area (Å²) in [5, 5.41) is 7.31. The van der Waals surface area contributed by atoms with E-state index in [1.54, 1.807) is 0 Å². The largest absolute Gasteiger partial charge is 0.334 e. The van der Waals surface area contributed by atoms with Crippen LogP contribution in [0.15, 0.2) is 267 Å². The van der Waals surface area contributed by atoms with E-state index >= 15 is 0 Å². The number of para-hydroxylation sites is 6. The van der Waals surface area contributed by atoms with Gasteiger partial charge in [0.1, 0.15) is 0 Å². The van der Waals surface area contributed by atoms with E-state index in [9.17, 15) is 0 Å². The maximum atomic E-state index is 2.50. The summed E-state index contributed by atoms with van der Waals surface area (Å²) in [6, 6.07) is 88.8. The maximum Gasteiger partial charge on any atom is 0.0561 e. The van der Waals surface area contributed by atoms with Crippen molar-refractivity contribution in [3.63, 3.8) is 0 Å². The van der Waals surface area contributed by atoms with Gasteiger partial charge in [-0.2, -0.15) is 0 Å². The number of fused-ring (bicyclic) bond motifs is 9. The molecule has 0 spiro atoms. The van der Waals surface area contributed by atoms with Crippen molar-refractivity contribution in [2.24, 2.45) is 0 Å². The first kappa shape index (κ1) is 40.7. The second-order valence-corrected chi connectivity index (χ2v) is 18.5. The summed E-state index contributed by atoms with van der Waals surface area (Å²) in [6.07, 6.45) is 9.86. The zero-order valence-electron chi connectivity index (χ0n) is 38.9. The van der Waals surface area contributed by atoms with Crippen molar-refractivity contribution in [2.45, 2.75) is 12.5 Å². The van der Waals surface area contributed by atoms with Gasteiger partial charge in [-0.15, -0.1) is 0 Å².